The summed E-state index contributed by atoms with van der Waals surface area (Å²) >= 11 is 5.92. The topological polar surface area (TPSA) is 29.9 Å². The molecule has 1 aliphatic heterocycles. The van der Waals surface area contributed by atoms with E-state index >= 15 is 0 Å². The molecule has 0 bridgehead atoms. The van der Waals surface area contributed by atoms with Crippen molar-refractivity contribution in [2.75, 3.05) is 13.1 Å². The summed E-state index contributed by atoms with van der Waals surface area (Å²) in [5, 5.41) is 8.60. The van der Waals surface area contributed by atoms with Crippen LogP contribution in [0.15, 0.2) is 36.5 Å². The van der Waals surface area contributed by atoms with E-state index in [9.17, 15) is 0 Å². The fourth-order valence-corrected chi connectivity index (χ4v) is 2.66. The first-order valence-electron chi connectivity index (χ1n) is 6.35. The van der Waals surface area contributed by atoms with Gasteiger partial charge in [-0.05, 0) is 56.3 Å². The standard InChI is InChI=1S/C14H16ClN3/c15-12-1-3-13(4-2-12)18-14(7-10-17-18)11-5-8-16-9-6-11/h1-4,7,10-11,16H,5-6,8-9H2. The van der Waals surface area contributed by atoms with E-state index in [2.05, 4.69) is 16.5 Å². The van der Waals surface area contributed by atoms with Crippen molar-refractivity contribution in [2.24, 2.45) is 0 Å². The summed E-state index contributed by atoms with van der Waals surface area (Å²) in [7, 11) is 0. The smallest absolute Gasteiger partial charge is 0.0649 e. The van der Waals surface area contributed by atoms with E-state index < -0.39 is 0 Å². The minimum atomic E-state index is 0.601. The Labute approximate surface area is 112 Å². The van der Waals surface area contributed by atoms with Crippen molar-refractivity contribution >= 4 is 11.6 Å². The summed E-state index contributed by atoms with van der Waals surface area (Å²) in [5.74, 6) is 0.601. The van der Waals surface area contributed by atoms with Crippen LogP contribution in [0.3, 0.4) is 0 Å². The molecule has 1 aromatic heterocycles. The molecule has 0 atom stereocenters. The number of piperidine rings is 1. The fourth-order valence-electron chi connectivity index (χ4n) is 2.54. The van der Waals surface area contributed by atoms with Crippen LogP contribution in [0.5, 0.6) is 0 Å². The van der Waals surface area contributed by atoms with Crippen LogP contribution in [0.4, 0.5) is 0 Å². The number of nitrogens with one attached hydrogen (secondary N) is 1. The molecule has 1 fully saturated rings. The molecule has 4 heteroatoms. The first-order valence-corrected chi connectivity index (χ1v) is 6.73. The Hall–Kier alpha value is -1.32. The highest BCUT2D eigenvalue weighted by Crippen LogP contribution is 2.27. The molecule has 1 N–H and O–H groups in total. The molecule has 0 radical (unpaired) electrons. The predicted molar refractivity (Wildman–Crippen MR) is 73.4 cm³/mol. The van der Waals surface area contributed by atoms with E-state index in [-0.39, 0.29) is 0 Å². The quantitative estimate of drug-likeness (QED) is 0.901. The second kappa shape index (κ2) is 5.12. The van der Waals surface area contributed by atoms with Gasteiger partial charge in [-0.15, -0.1) is 0 Å². The van der Waals surface area contributed by atoms with Crippen molar-refractivity contribution < 1.29 is 0 Å². The van der Waals surface area contributed by atoms with Crippen molar-refractivity contribution in [2.45, 2.75) is 18.8 Å². The lowest BCUT2D eigenvalue weighted by molar-refractivity contribution is 0.446. The van der Waals surface area contributed by atoms with Gasteiger partial charge in [0.25, 0.3) is 0 Å². The van der Waals surface area contributed by atoms with Gasteiger partial charge in [0.05, 0.1) is 5.69 Å². The van der Waals surface area contributed by atoms with Crippen molar-refractivity contribution in [3.63, 3.8) is 0 Å². The molecule has 3 rings (SSSR count). The first kappa shape index (κ1) is 11.8. The highest BCUT2D eigenvalue weighted by molar-refractivity contribution is 6.30. The predicted octanol–water partition coefficient (Wildman–Crippen LogP) is 2.99. The van der Waals surface area contributed by atoms with Crippen LogP contribution in [0.1, 0.15) is 24.5 Å². The van der Waals surface area contributed by atoms with Crippen LogP contribution in [-0.2, 0) is 0 Å². The summed E-state index contributed by atoms with van der Waals surface area (Å²) in [4.78, 5) is 0. The summed E-state index contributed by atoms with van der Waals surface area (Å²) in [6.07, 6.45) is 4.24. The monoisotopic (exact) mass is 261 g/mol. The van der Waals surface area contributed by atoms with Gasteiger partial charge in [0.1, 0.15) is 0 Å². The molecule has 2 aromatic rings. The lowest BCUT2D eigenvalue weighted by Crippen LogP contribution is -2.27. The van der Waals surface area contributed by atoms with E-state index in [1.165, 1.54) is 18.5 Å². The number of hydrogen-bond acceptors (Lipinski definition) is 2. The maximum Gasteiger partial charge on any atom is 0.0649 e. The maximum atomic E-state index is 5.92. The lowest BCUT2D eigenvalue weighted by atomic mass is 9.94. The van der Waals surface area contributed by atoms with Gasteiger partial charge in [-0.2, -0.15) is 5.10 Å². The van der Waals surface area contributed by atoms with Crippen molar-refractivity contribution in [1.29, 1.82) is 0 Å². The normalized spacial score (nSPS) is 16.9. The summed E-state index contributed by atoms with van der Waals surface area (Å²) in [6.45, 7) is 2.19. The highest BCUT2D eigenvalue weighted by Gasteiger charge is 2.19. The molecule has 0 amide bonds. The molecule has 0 unspecified atom stereocenters. The van der Waals surface area contributed by atoms with Gasteiger partial charge in [-0.25, -0.2) is 4.68 Å². The maximum absolute atomic E-state index is 5.92. The van der Waals surface area contributed by atoms with Crippen LogP contribution in [0.25, 0.3) is 5.69 Å². The van der Waals surface area contributed by atoms with Gasteiger partial charge >= 0.3 is 0 Å². The van der Waals surface area contributed by atoms with Crippen LogP contribution < -0.4 is 5.32 Å². The van der Waals surface area contributed by atoms with Crippen LogP contribution in [-0.4, -0.2) is 22.9 Å². The zero-order valence-corrected chi connectivity index (χ0v) is 10.9. The van der Waals surface area contributed by atoms with Crippen LogP contribution in [0.2, 0.25) is 5.02 Å². The van der Waals surface area contributed by atoms with Gasteiger partial charge in [0, 0.05) is 22.8 Å². The first-order chi connectivity index (χ1) is 8.84. The van der Waals surface area contributed by atoms with E-state index in [1.54, 1.807) is 0 Å². The van der Waals surface area contributed by atoms with Crippen molar-refractivity contribution in [3.8, 4) is 5.69 Å². The van der Waals surface area contributed by atoms with E-state index in [0.29, 0.717) is 5.92 Å². The molecule has 2 heterocycles. The molecule has 0 spiro atoms. The SMILES string of the molecule is Clc1ccc(-n2nccc2C2CCNCC2)cc1. The Balaban J connectivity index is 1.93. The number of aromatic nitrogens is 2. The van der Waals surface area contributed by atoms with Gasteiger partial charge in [0.15, 0.2) is 0 Å². The number of rotatable bonds is 2. The van der Waals surface area contributed by atoms with E-state index in [0.717, 1.165) is 23.8 Å². The third kappa shape index (κ3) is 2.28. The van der Waals surface area contributed by atoms with Gasteiger partial charge < -0.3 is 5.32 Å². The molecular weight excluding hydrogens is 246 g/mol. The lowest BCUT2D eigenvalue weighted by Gasteiger charge is -2.23. The molecular formula is C14H16ClN3. The van der Waals surface area contributed by atoms with Gasteiger partial charge in [-0.1, -0.05) is 11.6 Å². The molecule has 94 valence electrons. The Morgan fingerprint density at radius 1 is 1.11 bits per heavy atom. The number of halogens is 1. The average molecular weight is 262 g/mol. The molecule has 3 nitrogen and oxygen atoms in total. The van der Waals surface area contributed by atoms with E-state index in [4.69, 9.17) is 11.6 Å². The third-order valence-electron chi connectivity index (χ3n) is 3.50. The summed E-state index contributed by atoms with van der Waals surface area (Å²) in [6, 6.07) is 9.97. The summed E-state index contributed by atoms with van der Waals surface area (Å²) < 4.78 is 2.03. The average Bonchev–Trinajstić information content (AvgIpc) is 2.90. The Bertz CT molecular complexity index is 512. The minimum Gasteiger partial charge on any atom is -0.317 e. The third-order valence-corrected chi connectivity index (χ3v) is 3.75. The Morgan fingerprint density at radius 3 is 2.56 bits per heavy atom. The second-order valence-electron chi connectivity index (χ2n) is 4.67. The molecule has 1 aliphatic rings. The van der Waals surface area contributed by atoms with Gasteiger partial charge in [-0.3, -0.25) is 0 Å². The molecule has 0 aliphatic carbocycles. The van der Waals surface area contributed by atoms with Crippen molar-refractivity contribution in [1.82, 2.24) is 15.1 Å². The van der Waals surface area contributed by atoms with Crippen LogP contribution in [0, 0.1) is 0 Å². The molecule has 1 saturated heterocycles. The summed E-state index contributed by atoms with van der Waals surface area (Å²) in [5.41, 5.74) is 2.39. The zero-order valence-electron chi connectivity index (χ0n) is 10.1. The minimum absolute atomic E-state index is 0.601. The molecule has 18 heavy (non-hydrogen) atoms. The zero-order chi connectivity index (χ0) is 12.4. The van der Waals surface area contributed by atoms with E-state index in [1.807, 2.05) is 35.1 Å². The highest BCUT2D eigenvalue weighted by atomic mass is 35.5. The Kier molecular flexibility index (Phi) is 3.35. The largest absolute Gasteiger partial charge is 0.317 e. The number of benzene rings is 1. The Morgan fingerprint density at radius 2 is 1.83 bits per heavy atom. The van der Waals surface area contributed by atoms with Gasteiger partial charge in [0.2, 0.25) is 0 Å². The van der Waals surface area contributed by atoms with Crippen molar-refractivity contribution in [3.05, 3.63) is 47.2 Å². The molecule has 1 aromatic carbocycles. The number of hydrogen-bond donors (Lipinski definition) is 1. The second-order valence-corrected chi connectivity index (χ2v) is 5.11. The van der Waals surface area contributed by atoms with Crippen LogP contribution >= 0.6 is 11.6 Å². The fraction of sp³-hybridized carbons (Fsp3) is 0.357. The number of nitrogens with zero attached hydrogens (tertiary/aromatic N) is 2. The molecule has 0 saturated carbocycles.